The summed E-state index contributed by atoms with van der Waals surface area (Å²) in [6.45, 7) is 3.62. The van der Waals surface area contributed by atoms with Gasteiger partial charge in [-0.1, -0.05) is 29.8 Å². The Kier molecular flexibility index (Phi) is 7.12. The van der Waals surface area contributed by atoms with Gasteiger partial charge in [-0.2, -0.15) is 0 Å². The second-order valence-corrected chi connectivity index (χ2v) is 12.4. The van der Waals surface area contributed by atoms with Gasteiger partial charge in [0.25, 0.3) is 0 Å². The molecule has 4 aromatic rings. The van der Waals surface area contributed by atoms with Gasteiger partial charge < -0.3 is 10.2 Å². The van der Waals surface area contributed by atoms with E-state index in [-0.39, 0.29) is 17.3 Å². The summed E-state index contributed by atoms with van der Waals surface area (Å²) >= 11 is 3.11. The molecular formula is C24H24ClN3O3S3. The van der Waals surface area contributed by atoms with Crippen molar-refractivity contribution < 1.29 is 13.2 Å². The van der Waals surface area contributed by atoms with Gasteiger partial charge in [0.1, 0.15) is 15.8 Å². The summed E-state index contributed by atoms with van der Waals surface area (Å²) in [5.74, 6) is -1.14. The SMILES string of the molecule is Cc1ccc(S(=O)(=O)CC(=O)Nc2sc3c(c2-c2nc4ccccc4s2)CCN(C)C3)cc1.Cl. The first-order valence-electron chi connectivity index (χ1n) is 10.6. The van der Waals surface area contributed by atoms with E-state index in [0.717, 1.165) is 45.9 Å². The highest BCUT2D eigenvalue weighted by molar-refractivity contribution is 7.92. The molecule has 0 saturated heterocycles. The number of carbonyl (C=O) groups excluding carboxylic acids is 1. The third-order valence-electron chi connectivity index (χ3n) is 5.71. The number of hydrogen-bond donors (Lipinski definition) is 1. The Morgan fingerprint density at radius 3 is 2.59 bits per heavy atom. The standard InChI is InChI=1S/C24H23N3O3S3.ClH/c1-15-7-9-16(10-8-15)33(29,30)14-21(28)26-24-22(17-11-12-27(2)13-20(17)32-24)23-25-18-5-3-4-6-19(18)31-23;/h3-10H,11-14H2,1-2H3,(H,26,28);1H. The summed E-state index contributed by atoms with van der Waals surface area (Å²) in [4.78, 5) is 21.3. The fraction of sp³-hybridized carbons (Fsp3) is 0.250. The summed E-state index contributed by atoms with van der Waals surface area (Å²) in [7, 11) is -1.66. The van der Waals surface area contributed by atoms with Crippen LogP contribution in [0, 0.1) is 6.92 Å². The van der Waals surface area contributed by atoms with Crippen LogP contribution in [0.2, 0.25) is 0 Å². The Labute approximate surface area is 213 Å². The van der Waals surface area contributed by atoms with Gasteiger partial charge in [-0.25, -0.2) is 13.4 Å². The number of carbonyl (C=O) groups is 1. The number of nitrogens with one attached hydrogen (secondary N) is 1. The number of nitrogens with zero attached hydrogens (tertiary/aromatic N) is 2. The van der Waals surface area contributed by atoms with Crippen LogP contribution in [0.5, 0.6) is 0 Å². The topological polar surface area (TPSA) is 79.4 Å². The fourth-order valence-corrected chi connectivity index (χ4v) is 7.58. The van der Waals surface area contributed by atoms with E-state index in [9.17, 15) is 13.2 Å². The van der Waals surface area contributed by atoms with Crippen molar-refractivity contribution in [3.05, 3.63) is 64.5 Å². The van der Waals surface area contributed by atoms with E-state index >= 15 is 0 Å². The van der Waals surface area contributed by atoms with Crippen LogP contribution in [0.1, 0.15) is 16.0 Å². The van der Waals surface area contributed by atoms with Crippen LogP contribution in [-0.2, 0) is 27.6 Å². The van der Waals surface area contributed by atoms with Gasteiger partial charge in [0, 0.05) is 23.5 Å². The number of aryl methyl sites for hydroxylation is 1. The second-order valence-electron chi connectivity index (χ2n) is 8.30. The van der Waals surface area contributed by atoms with Crippen LogP contribution >= 0.6 is 35.1 Å². The highest BCUT2D eigenvalue weighted by Crippen LogP contribution is 2.45. The Morgan fingerprint density at radius 2 is 1.85 bits per heavy atom. The highest BCUT2D eigenvalue weighted by Gasteiger charge is 2.28. The van der Waals surface area contributed by atoms with Crippen molar-refractivity contribution in [2.24, 2.45) is 0 Å². The molecule has 34 heavy (non-hydrogen) atoms. The summed E-state index contributed by atoms with van der Waals surface area (Å²) in [6.07, 6.45) is 0.866. The smallest absolute Gasteiger partial charge is 0.240 e. The van der Waals surface area contributed by atoms with Crippen LogP contribution in [0.15, 0.2) is 53.4 Å². The average molecular weight is 534 g/mol. The Hall–Kier alpha value is -2.30. The van der Waals surface area contributed by atoms with E-state index in [4.69, 9.17) is 4.98 Å². The van der Waals surface area contributed by atoms with Crippen molar-refractivity contribution in [2.75, 3.05) is 24.7 Å². The first-order chi connectivity index (χ1) is 15.8. The maximum absolute atomic E-state index is 12.9. The van der Waals surface area contributed by atoms with Gasteiger partial charge in [-0.05, 0) is 50.2 Å². The minimum absolute atomic E-state index is 0. The molecule has 1 aliphatic rings. The van der Waals surface area contributed by atoms with Gasteiger partial charge in [-0.15, -0.1) is 35.1 Å². The molecular weight excluding hydrogens is 510 g/mol. The monoisotopic (exact) mass is 533 g/mol. The molecule has 2 aromatic carbocycles. The predicted octanol–water partition coefficient (Wildman–Crippen LogP) is 5.16. The number of amides is 1. The Balaban J connectivity index is 0.00000274. The summed E-state index contributed by atoms with van der Waals surface area (Å²) in [5, 5.41) is 4.45. The molecule has 3 heterocycles. The van der Waals surface area contributed by atoms with Crippen LogP contribution in [0.4, 0.5) is 5.00 Å². The lowest BCUT2D eigenvalue weighted by Crippen LogP contribution is -2.25. The number of thiophene rings is 1. The van der Waals surface area contributed by atoms with Crippen molar-refractivity contribution in [3.8, 4) is 10.6 Å². The summed E-state index contributed by atoms with van der Waals surface area (Å²) in [5.41, 5.74) is 4.02. The average Bonchev–Trinajstić information content (AvgIpc) is 3.33. The molecule has 1 amide bonds. The molecule has 0 unspecified atom stereocenters. The van der Waals surface area contributed by atoms with E-state index in [0.29, 0.717) is 5.00 Å². The molecule has 0 bridgehead atoms. The van der Waals surface area contributed by atoms with E-state index in [1.807, 2.05) is 31.2 Å². The van der Waals surface area contributed by atoms with Crippen LogP contribution in [0.25, 0.3) is 20.8 Å². The Morgan fingerprint density at radius 1 is 1.12 bits per heavy atom. The molecule has 1 aliphatic heterocycles. The number of thiazole rings is 1. The van der Waals surface area contributed by atoms with Crippen molar-refractivity contribution >= 4 is 66.0 Å². The van der Waals surface area contributed by atoms with Crippen molar-refractivity contribution in [1.29, 1.82) is 0 Å². The van der Waals surface area contributed by atoms with Crippen LogP contribution in [0.3, 0.4) is 0 Å². The maximum atomic E-state index is 12.9. The number of benzene rings is 2. The van der Waals surface area contributed by atoms with E-state index in [2.05, 4.69) is 17.3 Å². The molecule has 0 fully saturated rings. The predicted molar refractivity (Wildman–Crippen MR) is 142 cm³/mol. The first-order valence-corrected chi connectivity index (χ1v) is 13.9. The van der Waals surface area contributed by atoms with Crippen molar-refractivity contribution in [3.63, 3.8) is 0 Å². The number of likely N-dealkylation sites (N-methyl/N-ethyl adjacent to an activating group) is 1. The number of hydrogen-bond acceptors (Lipinski definition) is 7. The quantitative estimate of drug-likeness (QED) is 0.383. The molecule has 0 aliphatic carbocycles. The van der Waals surface area contributed by atoms with Crippen LogP contribution < -0.4 is 5.32 Å². The maximum Gasteiger partial charge on any atom is 0.240 e. The number of rotatable bonds is 5. The molecule has 5 rings (SSSR count). The molecule has 10 heteroatoms. The molecule has 0 saturated carbocycles. The van der Waals surface area contributed by atoms with E-state index < -0.39 is 21.5 Å². The van der Waals surface area contributed by atoms with Gasteiger partial charge >= 0.3 is 0 Å². The van der Waals surface area contributed by atoms with Crippen molar-refractivity contribution in [1.82, 2.24) is 9.88 Å². The highest BCUT2D eigenvalue weighted by atomic mass is 35.5. The van der Waals surface area contributed by atoms with Crippen LogP contribution in [-0.4, -0.2) is 43.6 Å². The normalized spacial score (nSPS) is 13.9. The van der Waals surface area contributed by atoms with E-state index in [1.165, 1.54) is 21.8 Å². The number of sulfone groups is 1. The minimum Gasteiger partial charge on any atom is -0.316 e. The fourth-order valence-electron chi connectivity index (χ4n) is 3.99. The Bertz CT molecular complexity index is 1430. The van der Waals surface area contributed by atoms with Gasteiger partial charge in [0.15, 0.2) is 9.84 Å². The van der Waals surface area contributed by atoms with Crippen molar-refractivity contribution in [2.45, 2.75) is 24.8 Å². The minimum atomic E-state index is -3.73. The number of aromatic nitrogens is 1. The largest absolute Gasteiger partial charge is 0.316 e. The molecule has 1 N–H and O–H groups in total. The molecule has 178 valence electrons. The number of anilines is 1. The number of fused-ring (bicyclic) bond motifs is 2. The number of para-hydroxylation sites is 1. The third-order valence-corrected chi connectivity index (χ3v) is 9.53. The van der Waals surface area contributed by atoms with E-state index in [1.54, 1.807) is 35.6 Å². The van der Waals surface area contributed by atoms with Gasteiger partial charge in [-0.3, -0.25) is 4.79 Å². The number of halogens is 1. The molecule has 2 aromatic heterocycles. The van der Waals surface area contributed by atoms with Gasteiger partial charge in [0.2, 0.25) is 5.91 Å². The molecule has 0 radical (unpaired) electrons. The lowest BCUT2D eigenvalue weighted by Gasteiger charge is -2.22. The third kappa shape index (κ3) is 4.89. The first kappa shape index (κ1) is 24.8. The second kappa shape index (κ2) is 9.75. The lowest BCUT2D eigenvalue weighted by atomic mass is 10.0. The summed E-state index contributed by atoms with van der Waals surface area (Å²) in [6, 6.07) is 14.5. The molecule has 6 nitrogen and oxygen atoms in total. The zero-order valence-electron chi connectivity index (χ0n) is 18.7. The zero-order chi connectivity index (χ0) is 23.2. The zero-order valence-corrected chi connectivity index (χ0v) is 22.0. The van der Waals surface area contributed by atoms with Gasteiger partial charge in [0.05, 0.1) is 15.1 Å². The lowest BCUT2D eigenvalue weighted by molar-refractivity contribution is -0.113. The molecule has 0 atom stereocenters. The summed E-state index contributed by atoms with van der Waals surface area (Å²) < 4.78 is 26.6. The molecule has 0 spiro atoms.